The number of rotatable bonds is 3. The van der Waals surface area contributed by atoms with Crippen molar-refractivity contribution in [1.82, 2.24) is 14.8 Å². The minimum Gasteiger partial charge on any atom is -0.291 e. The number of halogens is 4. The van der Waals surface area contributed by atoms with E-state index in [1.807, 2.05) is 0 Å². The molecular formula is C10H5Br2F2N3O. The molecule has 0 bridgehead atoms. The van der Waals surface area contributed by atoms with Gasteiger partial charge in [0.2, 0.25) is 5.78 Å². The van der Waals surface area contributed by atoms with E-state index in [0.29, 0.717) is 10.8 Å². The van der Waals surface area contributed by atoms with Crippen LogP contribution in [0.15, 0.2) is 29.3 Å². The van der Waals surface area contributed by atoms with Gasteiger partial charge in [-0.25, -0.2) is 18.4 Å². The van der Waals surface area contributed by atoms with Crippen molar-refractivity contribution in [1.29, 1.82) is 0 Å². The Morgan fingerprint density at radius 3 is 2.67 bits per heavy atom. The zero-order chi connectivity index (χ0) is 13.3. The maximum atomic E-state index is 13.5. The number of alkyl halides is 1. The van der Waals surface area contributed by atoms with E-state index < -0.39 is 22.4 Å². The summed E-state index contributed by atoms with van der Waals surface area (Å²) in [5.74, 6) is -2.24. The standard InChI is InChI=1S/C10H5Br2F2N3O/c11-9(17-10(12)15-4-16-17)8(18)6-2-1-5(13)3-7(6)14/h1-4,9H. The highest BCUT2D eigenvalue weighted by atomic mass is 79.9. The van der Waals surface area contributed by atoms with E-state index in [1.165, 1.54) is 11.0 Å². The van der Waals surface area contributed by atoms with Gasteiger partial charge in [-0.3, -0.25) is 4.79 Å². The van der Waals surface area contributed by atoms with Crippen molar-refractivity contribution in [2.45, 2.75) is 4.95 Å². The average molecular weight is 381 g/mol. The van der Waals surface area contributed by atoms with Crippen molar-refractivity contribution in [2.75, 3.05) is 0 Å². The number of carbonyl (C=O) groups excluding carboxylic acids is 1. The second-order valence-corrected chi connectivity index (χ2v) is 4.87. The van der Waals surface area contributed by atoms with E-state index in [-0.39, 0.29) is 5.56 Å². The number of benzene rings is 1. The highest BCUT2D eigenvalue weighted by Gasteiger charge is 2.24. The number of aromatic nitrogens is 3. The third kappa shape index (κ3) is 2.49. The van der Waals surface area contributed by atoms with E-state index in [4.69, 9.17) is 0 Å². The topological polar surface area (TPSA) is 47.8 Å². The van der Waals surface area contributed by atoms with Gasteiger partial charge in [0, 0.05) is 6.07 Å². The van der Waals surface area contributed by atoms with Crippen LogP contribution in [0.4, 0.5) is 8.78 Å². The van der Waals surface area contributed by atoms with Gasteiger partial charge in [0.1, 0.15) is 18.0 Å². The normalized spacial score (nSPS) is 12.4. The summed E-state index contributed by atoms with van der Waals surface area (Å²) in [4.78, 5) is 14.9. The summed E-state index contributed by atoms with van der Waals surface area (Å²) in [6.07, 6.45) is 1.24. The summed E-state index contributed by atoms with van der Waals surface area (Å²) < 4.78 is 27.8. The molecule has 0 spiro atoms. The molecule has 0 amide bonds. The lowest BCUT2D eigenvalue weighted by Crippen LogP contribution is -2.17. The second-order valence-electron chi connectivity index (χ2n) is 3.30. The Morgan fingerprint density at radius 1 is 1.39 bits per heavy atom. The number of nitrogens with zero attached hydrogens (tertiary/aromatic N) is 3. The molecular weight excluding hydrogens is 376 g/mol. The number of hydrogen-bond donors (Lipinski definition) is 0. The first-order valence-corrected chi connectivity index (χ1v) is 6.40. The van der Waals surface area contributed by atoms with Crippen molar-refractivity contribution in [3.8, 4) is 0 Å². The largest absolute Gasteiger partial charge is 0.291 e. The van der Waals surface area contributed by atoms with Crippen LogP contribution in [-0.2, 0) is 0 Å². The number of carbonyl (C=O) groups is 1. The second kappa shape index (κ2) is 5.23. The highest BCUT2D eigenvalue weighted by molar-refractivity contribution is 9.10. The third-order valence-corrected chi connectivity index (χ3v) is 3.53. The van der Waals surface area contributed by atoms with Crippen LogP contribution < -0.4 is 0 Å². The number of Topliss-reactive ketones (excluding diaryl/α,β-unsaturated/α-hetero) is 1. The molecule has 2 aromatic rings. The minimum atomic E-state index is -0.922. The first-order valence-electron chi connectivity index (χ1n) is 4.69. The van der Waals surface area contributed by atoms with Crippen LogP contribution >= 0.6 is 31.9 Å². The Bertz CT molecular complexity index is 603. The molecule has 1 heterocycles. The molecule has 0 saturated carbocycles. The molecule has 8 heteroatoms. The summed E-state index contributed by atoms with van der Waals surface area (Å²) in [6, 6.07) is 2.77. The molecule has 0 radical (unpaired) electrons. The fourth-order valence-electron chi connectivity index (χ4n) is 1.32. The molecule has 0 fully saturated rings. The summed E-state index contributed by atoms with van der Waals surface area (Å²) in [6.45, 7) is 0. The van der Waals surface area contributed by atoms with Crippen LogP contribution in [0.2, 0.25) is 0 Å². The van der Waals surface area contributed by atoms with Crippen molar-refractivity contribution >= 4 is 37.6 Å². The van der Waals surface area contributed by atoms with Gasteiger partial charge in [0.25, 0.3) is 0 Å². The van der Waals surface area contributed by atoms with Gasteiger partial charge in [0.15, 0.2) is 9.68 Å². The summed E-state index contributed by atoms with van der Waals surface area (Å²) in [7, 11) is 0. The van der Waals surface area contributed by atoms with E-state index in [2.05, 4.69) is 41.9 Å². The smallest absolute Gasteiger partial charge is 0.201 e. The van der Waals surface area contributed by atoms with Gasteiger partial charge in [-0.05, 0) is 28.1 Å². The molecule has 1 aromatic carbocycles. The van der Waals surface area contributed by atoms with Gasteiger partial charge in [0.05, 0.1) is 5.56 Å². The zero-order valence-electron chi connectivity index (χ0n) is 8.65. The van der Waals surface area contributed by atoms with Gasteiger partial charge in [-0.15, -0.1) is 0 Å². The van der Waals surface area contributed by atoms with Crippen LogP contribution in [0, 0.1) is 11.6 Å². The lowest BCUT2D eigenvalue weighted by Gasteiger charge is -2.10. The van der Waals surface area contributed by atoms with Crippen LogP contribution in [0.3, 0.4) is 0 Å². The quantitative estimate of drug-likeness (QED) is 0.607. The summed E-state index contributed by atoms with van der Waals surface area (Å²) in [5.41, 5.74) is -0.222. The molecule has 18 heavy (non-hydrogen) atoms. The van der Waals surface area contributed by atoms with Crippen molar-refractivity contribution in [3.05, 3.63) is 46.5 Å². The Balaban J connectivity index is 2.34. The van der Waals surface area contributed by atoms with Crippen LogP contribution in [0.25, 0.3) is 0 Å². The van der Waals surface area contributed by atoms with E-state index in [1.54, 1.807) is 0 Å². The molecule has 2 rings (SSSR count). The molecule has 1 atom stereocenters. The molecule has 4 nitrogen and oxygen atoms in total. The maximum Gasteiger partial charge on any atom is 0.201 e. The Hall–Kier alpha value is -1.15. The molecule has 0 N–H and O–H groups in total. The minimum absolute atomic E-state index is 0.222. The van der Waals surface area contributed by atoms with Crippen LogP contribution in [0.5, 0.6) is 0 Å². The molecule has 0 saturated heterocycles. The summed E-state index contributed by atoms with van der Waals surface area (Å²) in [5, 5.41) is 3.80. The van der Waals surface area contributed by atoms with E-state index in [0.717, 1.165) is 12.1 Å². The SMILES string of the molecule is O=C(c1ccc(F)cc1F)C(Br)n1ncnc1Br. The predicted octanol–water partition coefficient (Wildman–Crippen LogP) is 3.10. The number of ketones is 1. The molecule has 1 unspecified atom stereocenters. The van der Waals surface area contributed by atoms with E-state index in [9.17, 15) is 13.6 Å². The lowest BCUT2D eigenvalue weighted by atomic mass is 10.1. The molecule has 94 valence electrons. The Labute approximate surface area is 117 Å². The Morgan fingerprint density at radius 2 is 2.11 bits per heavy atom. The van der Waals surface area contributed by atoms with Gasteiger partial charge in [-0.1, -0.05) is 15.9 Å². The first-order chi connectivity index (χ1) is 8.50. The monoisotopic (exact) mass is 379 g/mol. The lowest BCUT2D eigenvalue weighted by molar-refractivity contribution is 0.0960. The molecule has 1 aromatic heterocycles. The first kappa shape index (κ1) is 13.3. The zero-order valence-corrected chi connectivity index (χ0v) is 11.8. The van der Waals surface area contributed by atoms with E-state index >= 15 is 0 Å². The Kier molecular flexibility index (Phi) is 3.86. The van der Waals surface area contributed by atoms with Gasteiger partial charge >= 0.3 is 0 Å². The van der Waals surface area contributed by atoms with Gasteiger partial charge in [-0.2, -0.15) is 5.10 Å². The van der Waals surface area contributed by atoms with Crippen molar-refractivity contribution in [2.24, 2.45) is 0 Å². The van der Waals surface area contributed by atoms with Crippen molar-refractivity contribution < 1.29 is 13.6 Å². The number of hydrogen-bond acceptors (Lipinski definition) is 3. The van der Waals surface area contributed by atoms with Gasteiger partial charge < -0.3 is 0 Å². The molecule has 0 aliphatic carbocycles. The molecule has 0 aliphatic rings. The highest BCUT2D eigenvalue weighted by Crippen LogP contribution is 2.24. The van der Waals surface area contributed by atoms with Crippen LogP contribution in [-0.4, -0.2) is 20.5 Å². The third-order valence-electron chi connectivity index (χ3n) is 2.16. The predicted molar refractivity (Wildman–Crippen MR) is 66.4 cm³/mol. The van der Waals surface area contributed by atoms with Crippen LogP contribution in [0.1, 0.15) is 15.3 Å². The van der Waals surface area contributed by atoms with Crippen molar-refractivity contribution in [3.63, 3.8) is 0 Å². The fraction of sp³-hybridized carbons (Fsp3) is 0.100. The fourth-order valence-corrected chi connectivity index (χ4v) is 2.53. The maximum absolute atomic E-state index is 13.5. The average Bonchev–Trinajstić information content (AvgIpc) is 2.74. The summed E-state index contributed by atoms with van der Waals surface area (Å²) >= 11 is 6.18. The molecule has 0 aliphatic heterocycles.